The Bertz CT molecular complexity index is 767. The molecule has 0 heterocycles. The van der Waals surface area contributed by atoms with E-state index in [1.807, 2.05) is 0 Å². The van der Waals surface area contributed by atoms with Crippen molar-refractivity contribution in [3.63, 3.8) is 0 Å². The number of esters is 2. The molecular formula is C23H32F2O5. The van der Waals surface area contributed by atoms with Crippen LogP contribution in [0.3, 0.4) is 0 Å². The van der Waals surface area contributed by atoms with Crippen LogP contribution < -0.4 is 0 Å². The van der Waals surface area contributed by atoms with E-state index in [0.29, 0.717) is 0 Å². The monoisotopic (exact) mass is 426 g/mol. The molecular weight excluding hydrogens is 394 g/mol. The summed E-state index contributed by atoms with van der Waals surface area (Å²) in [5, 5.41) is 0. The number of hydrogen-bond acceptors (Lipinski definition) is 5. The fraction of sp³-hybridized carbons (Fsp3) is 0.870. The molecule has 7 heteroatoms. The Morgan fingerprint density at radius 3 is 2.27 bits per heavy atom. The van der Waals surface area contributed by atoms with Crippen molar-refractivity contribution < 1.29 is 32.6 Å². The van der Waals surface area contributed by atoms with Crippen LogP contribution >= 0.6 is 0 Å². The first-order valence-electron chi connectivity index (χ1n) is 11.2. The topological polar surface area (TPSA) is 69.7 Å². The number of halogens is 2. The fourth-order valence-electron chi connectivity index (χ4n) is 7.69. The first kappa shape index (κ1) is 21.7. The van der Waals surface area contributed by atoms with Gasteiger partial charge in [0.15, 0.2) is 11.9 Å². The summed E-state index contributed by atoms with van der Waals surface area (Å²) >= 11 is 0. The second-order valence-corrected chi connectivity index (χ2v) is 10.4. The summed E-state index contributed by atoms with van der Waals surface area (Å²) in [4.78, 5) is 36.1. The van der Waals surface area contributed by atoms with E-state index in [0.717, 1.165) is 32.1 Å². The molecule has 0 N–H and O–H groups in total. The van der Waals surface area contributed by atoms with Crippen molar-refractivity contribution in [2.24, 2.45) is 34.5 Å². The van der Waals surface area contributed by atoms with Crippen molar-refractivity contribution in [3.8, 4) is 0 Å². The highest BCUT2D eigenvalue weighted by Crippen LogP contribution is 2.69. The van der Waals surface area contributed by atoms with Gasteiger partial charge in [0.05, 0.1) is 5.41 Å². The Morgan fingerprint density at radius 2 is 1.63 bits per heavy atom. The predicted octanol–water partition coefficient (Wildman–Crippen LogP) is 4.32. The predicted molar refractivity (Wildman–Crippen MR) is 104 cm³/mol. The van der Waals surface area contributed by atoms with E-state index in [2.05, 4.69) is 6.92 Å². The van der Waals surface area contributed by atoms with Gasteiger partial charge < -0.3 is 9.47 Å². The zero-order chi connectivity index (χ0) is 22.1. The maximum Gasteiger partial charge on any atom is 0.303 e. The van der Waals surface area contributed by atoms with E-state index in [1.165, 1.54) is 20.8 Å². The van der Waals surface area contributed by atoms with Gasteiger partial charge in [-0.3, -0.25) is 14.4 Å². The van der Waals surface area contributed by atoms with E-state index in [9.17, 15) is 14.4 Å². The molecule has 0 bridgehead atoms. The van der Waals surface area contributed by atoms with Gasteiger partial charge in [0.1, 0.15) is 6.10 Å². The molecule has 0 amide bonds. The number of ether oxygens (including phenoxy) is 2. The van der Waals surface area contributed by atoms with E-state index in [1.54, 1.807) is 0 Å². The third-order valence-electron chi connectivity index (χ3n) is 9.07. The summed E-state index contributed by atoms with van der Waals surface area (Å²) in [5.74, 6) is -5.42. The number of ketones is 1. The molecule has 5 nitrogen and oxygen atoms in total. The van der Waals surface area contributed by atoms with Crippen LogP contribution in [0.15, 0.2) is 0 Å². The van der Waals surface area contributed by atoms with Crippen molar-refractivity contribution in [3.05, 3.63) is 0 Å². The molecule has 0 spiro atoms. The van der Waals surface area contributed by atoms with Crippen LogP contribution in [0.1, 0.15) is 72.6 Å². The van der Waals surface area contributed by atoms with Gasteiger partial charge in [-0.1, -0.05) is 6.92 Å². The van der Waals surface area contributed by atoms with Crippen LogP contribution in [0, 0.1) is 34.5 Å². The molecule has 0 aliphatic heterocycles. The van der Waals surface area contributed by atoms with Crippen molar-refractivity contribution in [1.82, 2.24) is 0 Å². The molecule has 168 valence electrons. The molecule has 0 radical (unpaired) electrons. The van der Waals surface area contributed by atoms with Crippen LogP contribution in [0.5, 0.6) is 0 Å². The van der Waals surface area contributed by atoms with Gasteiger partial charge in [0.2, 0.25) is 0 Å². The lowest BCUT2D eigenvalue weighted by Crippen LogP contribution is -2.62. The summed E-state index contributed by atoms with van der Waals surface area (Å²) in [6, 6.07) is 0. The van der Waals surface area contributed by atoms with Crippen LogP contribution in [-0.4, -0.2) is 35.9 Å². The highest BCUT2D eigenvalue weighted by atomic mass is 19.3. The molecule has 0 saturated heterocycles. The van der Waals surface area contributed by atoms with Gasteiger partial charge in [0, 0.05) is 26.2 Å². The minimum Gasteiger partial charge on any atom is -0.462 e. The van der Waals surface area contributed by atoms with E-state index in [4.69, 9.17) is 9.47 Å². The first-order chi connectivity index (χ1) is 13.9. The van der Waals surface area contributed by atoms with E-state index in [-0.39, 0.29) is 48.1 Å². The van der Waals surface area contributed by atoms with Crippen LogP contribution in [0.25, 0.3) is 0 Å². The molecule has 4 rings (SSSR count). The van der Waals surface area contributed by atoms with Gasteiger partial charge in [-0.15, -0.1) is 0 Å². The average molecular weight is 427 g/mol. The smallest absolute Gasteiger partial charge is 0.303 e. The highest BCUT2D eigenvalue weighted by molar-refractivity contribution is 5.93. The largest absolute Gasteiger partial charge is 0.462 e. The summed E-state index contributed by atoms with van der Waals surface area (Å²) in [6.45, 7) is 6.08. The lowest BCUT2D eigenvalue weighted by molar-refractivity contribution is -0.232. The SMILES string of the molecule is CC(=O)OC1C[C@H]2[C@@H]3CC[C@H]4[C@H](OC(C)=O)CCC[C@]4(C)[C@H]3CC(F)(F)[C@]2(C)C1=O. The molecule has 4 aliphatic carbocycles. The molecule has 4 fully saturated rings. The number of alkyl halides is 2. The Labute approximate surface area is 176 Å². The Kier molecular flexibility index (Phi) is 5.06. The lowest BCUT2D eigenvalue weighted by atomic mass is 9.44. The average Bonchev–Trinajstić information content (AvgIpc) is 2.88. The van der Waals surface area contributed by atoms with E-state index < -0.39 is 35.1 Å². The number of fused-ring (bicyclic) bond motifs is 5. The Morgan fingerprint density at radius 1 is 0.967 bits per heavy atom. The Balaban J connectivity index is 1.69. The zero-order valence-electron chi connectivity index (χ0n) is 18.2. The number of carbonyl (C=O) groups excluding carboxylic acids is 3. The van der Waals surface area contributed by atoms with Gasteiger partial charge in [-0.2, -0.15) is 0 Å². The summed E-state index contributed by atoms with van der Waals surface area (Å²) in [5.41, 5.74) is -2.14. The van der Waals surface area contributed by atoms with Crippen LogP contribution in [0.4, 0.5) is 8.78 Å². The van der Waals surface area contributed by atoms with Crippen molar-refractivity contribution in [1.29, 1.82) is 0 Å². The third-order valence-corrected chi connectivity index (χ3v) is 9.07. The van der Waals surface area contributed by atoms with Crippen molar-refractivity contribution in [2.75, 3.05) is 0 Å². The van der Waals surface area contributed by atoms with Crippen molar-refractivity contribution >= 4 is 17.7 Å². The third kappa shape index (κ3) is 2.94. The molecule has 0 aromatic heterocycles. The van der Waals surface area contributed by atoms with Crippen LogP contribution in [-0.2, 0) is 23.9 Å². The lowest BCUT2D eigenvalue weighted by Gasteiger charge is -2.61. The maximum atomic E-state index is 15.7. The summed E-state index contributed by atoms with van der Waals surface area (Å²) in [7, 11) is 0. The molecule has 4 saturated carbocycles. The first-order valence-corrected chi connectivity index (χ1v) is 11.2. The minimum absolute atomic E-state index is 0.0172. The molecule has 8 atom stereocenters. The number of Topliss-reactive ketones (excluding diaryl/α,β-unsaturated/α-hetero) is 1. The molecule has 0 aromatic carbocycles. The Hall–Kier alpha value is -1.53. The summed E-state index contributed by atoms with van der Waals surface area (Å²) < 4.78 is 42.1. The summed E-state index contributed by atoms with van der Waals surface area (Å²) in [6.07, 6.45) is 2.55. The fourth-order valence-corrected chi connectivity index (χ4v) is 7.69. The zero-order valence-corrected chi connectivity index (χ0v) is 18.2. The van der Waals surface area contributed by atoms with Gasteiger partial charge in [-0.05, 0) is 68.6 Å². The van der Waals surface area contributed by atoms with Crippen LogP contribution in [0.2, 0.25) is 0 Å². The number of hydrogen-bond donors (Lipinski definition) is 0. The second kappa shape index (κ2) is 6.99. The quantitative estimate of drug-likeness (QED) is 0.615. The molecule has 30 heavy (non-hydrogen) atoms. The van der Waals surface area contributed by atoms with E-state index >= 15 is 8.78 Å². The molecule has 0 aromatic rings. The van der Waals surface area contributed by atoms with Gasteiger partial charge >= 0.3 is 11.9 Å². The normalized spacial score (nSPS) is 46.9. The molecule has 1 unspecified atom stereocenters. The maximum absolute atomic E-state index is 15.7. The number of rotatable bonds is 2. The minimum atomic E-state index is -3.16. The standard InChI is InChI=1S/C23H32F2O5/c1-12(26)29-18-6-5-9-21(3)15(18)8-7-14-16-10-19(30-13(2)27)20(28)22(16,4)23(24,25)11-17(14)21/h14-19H,5-11H2,1-4H3/t14-,15-,16-,17-,18+,19?,21-,22-/m0/s1. The highest BCUT2D eigenvalue weighted by Gasteiger charge is 2.73. The van der Waals surface area contributed by atoms with Gasteiger partial charge in [0.25, 0.3) is 5.92 Å². The number of carbonyl (C=O) groups is 3. The van der Waals surface area contributed by atoms with Gasteiger partial charge in [-0.25, -0.2) is 8.78 Å². The molecule has 4 aliphatic rings. The van der Waals surface area contributed by atoms with Crippen molar-refractivity contribution in [2.45, 2.75) is 90.8 Å². The second-order valence-electron chi connectivity index (χ2n) is 10.4.